The van der Waals surface area contributed by atoms with E-state index >= 15 is 0 Å². The lowest BCUT2D eigenvalue weighted by atomic mass is 10.1. The van der Waals surface area contributed by atoms with E-state index in [1.165, 1.54) is 18.3 Å². The molecule has 1 unspecified atom stereocenters. The van der Waals surface area contributed by atoms with Crippen LogP contribution in [0.2, 0.25) is 0 Å². The number of aliphatic hydroxyl groups is 3. The standard InChI is InChI=1S/C17H19FN2O6/c18-11-3-1-10(2-4-11)5-7-19-13(22)6-8-20(17(19)25)16-15(24)14(23)12(9-21)26-16/h1-4,6,8,12,14-16,21,23-24H,5,7,9H2/t12-,14+,15?,16-/m1/s1. The van der Waals surface area contributed by atoms with Crippen LogP contribution in [-0.2, 0) is 17.7 Å². The van der Waals surface area contributed by atoms with Gasteiger partial charge in [0, 0.05) is 18.8 Å². The molecule has 1 fully saturated rings. The molecule has 26 heavy (non-hydrogen) atoms. The Morgan fingerprint density at radius 3 is 2.38 bits per heavy atom. The predicted molar refractivity (Wildman–Crippen MR) is 88.1 cm³/mol. The smallest absolute Gasteiger partial charge is 0.333 e. The van der Waals surface area contributed by atoms with Gasteiger partial charge in [-0.15, -0.1) is 0 Å². The van der Waals surface area contributed by atoms with E-state index < -0.39 is 42.4 Å². The van der Waals surface area contributed by atoms with Crippen LogP contribution in [0.15, 0.2) is 46.1 Å². The highest BCUT2D eigenvalue weighted by Crippen LogP contribution is 2.27. The number of ether oxygens (including phenoxy) is 1. The van der Waals surface area contributed by atoms with Gasteiger partial charge < -0.3 is 20.1 Å². The molecular formula is C17H19FN2O6. The molecule has 4 atom stereocenters. The van der Waals surface area contributed by atoms with E-state index in [1.54, 1.807) is 12.1 Å². The van der Waals surface area contributed by atoms with Crippen LogP contribution in [0, 0.1) is 5.82 Å². The highest BCUT2D eigenvalue weighted by Gasteiger charge is 2.43. The Bertz CT molecular complexity index is 878. The van der Waals surface area contributed by atoms with E-state index in [0.717, 1.165) is 20.8 Å². The van der Waals surface area contributed by atoms with Gasteiger partial charge in [0.15, 0.2) is 6.23 Å². The number of halogens is 1. The van der Waals surface area contributed by atoms with Crippen LogP contribution in [-0.4, -0.2) is 49.4 Å². The van der Waals surface area contributed by atoms with Crippen LogP contribution in [0.4, 0.5) is 4.39 Å². The Morgan fingerprint density at radius 1 is 1.08 bits per heavy atom. The first-order chi connectivity index (χ1) is 12.4. The van der Waals surface area contributed by atoms with Gasteiger partial charge in [-0.1, -0.05) is 12.1 Å². The Morgan fingerprint density at radius 2 is 1.77 bits per heavy atom. The van der Waals surface area contributed by atoms with Gasteiger partial charge >= 0.3 is 5.69 Å². The number of hydrogen-bond donors (Lipinski definition) is 3. The molecule has 0 bridgehead atoms. The molecule has 9 heteroatoms. The van der Waals surface area contributed by atoms with E-state index in [1.807, 2.05) is 0 Å². The summed E-state index contributed by atoms with van der Waals surface area (Å²) in [5.74, 6) is -0.377. The molecule has 1 aromatic heterocycles. The van der Waals surface area contributed by atoms with Crippen molar-refractivity contribution in [3.05, 3.63) is 68.7 Å². The molecule has 1 aliphatic heterocycles. The summed E-state index contributed by atoms with van der Waals surface area (Å²) in [6.07, 6.45) is -3.51. The van der Waals surface area contributed by atoms with Gasteiger partial charge in [0.1, 0.15) is 24.1 Å². The minimum absolute atomic E-state index is 0.0545. The number of rotatable bonds is 5. The molecular weight excluding hydrogens is 347 g/mol. The van der Waals surface area contributed by atoms with Crippen LogP contribution in [0.5, 0.6) is 0 Å². The third-order valence-corrected chi connectivity index (χ3v) is 4.42. The van der Waals surface area contributed by atoms with Crippen molar-refractivity contribution in [2.75, 3.05) is 6.61 Å². The Balaban J connectivity index is 1.86. The fourth-order valence-electron chi connectivity index (χ4n) is 2.93. The quantitative estimate of drug-likeness (QED) is 0.626. The molecule has 2 aromatic rings. The summed E-state index contributed by atoms with van der Waals surface area (Å²) in [5, 5.41) is 29.0. The van der Waals surface area contributed by atoms with E-state index in [-0.39, 0.29) is 12.4 Å². The van der Waals surface area contributed by atoms with Gasteiger partial charge in [-0.05, 0) is 24.1 Å². The zero-order chi connectivity index (χ0) is 18.8. The summed E-state index contributed by atoms with van der Waals surface area (Å²) >= 11 is 0. The fraction of sp³-hybridized carbons (Fsp3) is 0.412. The molecule has 0 aliphatic carbocycles. The van der Waals surface area contributed by atoms with Crippen molar-refractivity contribution in [1.29, 1.82) is 0 Å². The predicted octanol–water partition coefficient (Wildman–Crippen LogP) is -0.997. The van der Waals surface area contributed by atoms with Crippen molar-refractivity contribution < 1.29 is 24.4 Å². The first-order valence-electron chi connectivity index (χ1n) is 8.11. The molecule has 3 N–H and O–H groups in total. The van der Waals surface area contributed by atoms with Gasteiger partial charge in [-0.3, -0.25) is 13.9 Å². The second kappa shape index (κ2) is 7.50. The van der Waals surface area contributed by atoms with Crippen molar-refractivity contribution in [1.82, 2.24) is 9.13 Å². The van der Waals surface area contributed by atoms with Crippen molar-refractivity contribution in [2.24, 2.45) is 0 Å². The molecule has 3 rings (SSSR count). The van der Waals surface area contributed by atoms with Gasteiger partial charge in [-0.2, -0.15) is 0 Å². The molecule has 1 aromatic carbocycles. The van der Waals surface area contributed by atoms with Crippen LogP contribution < -0.4 is 11.2 Å². The maximum atomic E-state index is 12.9. The highest BCUT2D eigenvalue weighted by atomic mass is 19.1. The summed E-state index contributed by atoms with van der Waals surface area (Å²) in [7, 11) is 0. The number of aryl methyl sites for hydroxylation is 1. The largest absolute Gasteiger partial charge is 0.394 e. The number of benzene rings is 1. The molecule has 1 aliphatic rings. The zero-order valence-corrected chi connectivity index (χ0v) is 13.7. The van der Waals surface area contributed by atoms with Gasteiger partial charge in [0.2, 0.25) is 0 Å². The Hall–Kier alpha value is -2.33. The monoisotopic (exact) mass is 366 g/mol. The molecule has 2 heterocycles. The second-order valence-electron chi connectivity index (χ2n) is 6.10. The minimum Gasteiger partial charge on any atom is -0.394 e. The van der Waals surface area contributed by atoms with Crippen molar-refractivity contribution in [3.8, 4) is 0 Å². The Labute approximate surface area is 147 Å². The normalized spacial score (nSPS) is 25.5. The van der Waals surface area contributed by atoms with Crippen molar-refractivity contribution >= 4 is 0 Å². The number of nitrogens with zero attached hydrogens (tertiary/aromatic N) is 2. The third kappa shape index (κ3) is 3.47. The minimum atomic E-state index is -1.42. The fourth-order valence-corrected chi connectivity index (χ4v) is 2.93. The molecule has 0 amide bonds. The van der Waals surface area contributed by atoms with Crippen LogP contribution in [0.3, 0.4) is 0 Å². The Kier molecular flexibility index (Phi) is 5.33. The highest BCUT2D eigenvalue weighted by molar-refractivity contribution is 5.16. The zero-order valence-electron chi connectivity index (χ0n) is 13.7. The molecule has 0 spiro atoms. The van der Waals surface area contributed by atoms with E-state index in [9.17, 15) is 24.2 Å². The van der Waals surface area contributed by atoms with Crippen molar-refractivity contribution in [3.63, 3.8) is 0 Å². The SMILES string of the molecule is O=c1ccn([C@@H]2O[C@H](CO)[C@H](O)C2O)c(=O)n1CCc1ccc(F)cc1. The lowest BCUT2D eigenvalue weighted by Crippen LogP contribution is -2.43. The molecule has 8 nitrogen and oxygen atoms in total. The topological polar surface area (TPSA) is 114 Å². The third-order valence-electron chi connectivity index (χ3n) is 4.42. The summed E-state index contributed by atoms with van der Waals surface area (Å²) in [5.41, 5.74) is -0.490. The first-order valence-corrected chi connectivity index (χ1v) is 8.11. The molecule has 0 radical (unpaired) electrons. The summed E-state index contributed by atoms with van der Waals surface area (Å²) < 4.78 is 20.3. The average molecular weight is 366 g/mol. The number of aliphatic hydroxyl groups excluding tert-OH is 3. The van der Waals surface area contributed by atoms with Crippen LogP contribution in [0.25, 0.3) is 0 Å². The summed E-state index contributed by atoms with van der Waals surface area (Å²) in [6, 6.07) is 6.86. The van der Waals surface area contributed by atoms with Gasteiger partial charge in [-0.25, -0.2) is 9.18 Å². The average Bonchev–Trinajstić information content (AvgIpc) is 2.91. The maximum Gasteiger partial charge on any atom is 0.333 e. The molecule has 1 saturated heterocycles. The van der Waals surface area contributed by atoms with E-state index in [0.29, 0.717) is 6.42 Å². The summed E-state index contributed by atoms with van der Waals surface area (Å²) in [6.45, 7) is -0.466. The van der Waals surface area contributed by atoms with E-state index in [4.69, 9.17) is 9.84 Å². The van der Waals surface area contributed by atoms with Gasteiger partial charge in [0.25, 0.3) is 5.56 Å². The van der Waals surface area contributed by atoms with Crippen LogP contribution in [0.1, 0.15) is 11.8 Å². The lowest BCUT2D eigenvalue weighted by Gasteiger charge is -2.18. The number of hydrogen-bond acceptors (Lipinski definition) is 6. The van der Waals surface area contributed by atoms with Crippen molar-refractivity contribution in [2.45, 2.75) is 37.5 Å². The van der Waals surface area contributed by atoms with Crippen LogP contribution >= 0.6 is 0 Å². The first kappa shape index (κ1) is 18.5. The lowest BCUT2D eigenvalue weighted by molar-refractivity contribution is -0.0556. The maximum absolute atomic E-state index is 12.9. The van der Waals surface area contributed by atoms with E-state index in [2.05, 4.69) is 0 Å². The van der Waals surface area contributed by atoms with Gasteiger partial charge in [0.05, 0.1) is 6.61 Å². The molecule has 0 saturated carbocycles. The second-order valence-corrected chi connectivity index (χ2v) is 6.10. The molecule has 140 valence electrons. The summed E-state index contributed by atoms with van der Waals surface area (Å²) in [4.78, 5) is 24.7. The number of aromatic nitrogens is 2.